The third-order valence-corrected chi connectivity index (χ3v) is 2.74. The summed E-state index contributed by atoms with van der Waals surface area (Å²) in [5.41, 5.74) is 0.0903. The first-order valence-corrected chi connectivity index (χ1v) is 5.70. The van der Waals surface area contributed by atoms with Crippen LogP contribution >= 0.6 is 15.9 Å². The standard InChI is InChI=1S/C10H9BrFNO4/c1-17-10(14)3-6-2-7(13(15)16)4-9(12)8(6)5-11/h2,4H,3,5H2,1H3. The second-order valence-electron chi connectivity index (χ2n) is 3.21. The van der Waals surface area contributed by atoms with Crippen LogP contribution in [0.4, 0.5) is 10.1 Å². The van der Waals surface area contributed by atoms with Gasteiger partial charge in [0.15, 0.2) is 0 Å². The minimum absolute atomic E-state index is 0.170. The number of nitrogens with zero attached hydrogens (tertiary/aromatic N) is 1. The first-order valence-electron chi connectivity index (χ1n) is 4.58. The van der Waals surface area contributed by atoms with Gasteiger partial charge in [-0.2, -0.15) is 0 Å². The number of carbonyl (C=O) groups excluding carboxylic acids is 1. The molecule has 0 bridgehead atoms. The average molecular weight is 306 g/mol. The number of hydrogen-bond donors (Lipinski definition) is 0. The van der Waals surface area contributed by atoms with Crippen molar-refractivity contribution in [3.63, 3.8) is 0 Å². The van der Waals surface area contributed by atoms with Crippen molar-refractivity contribution in [2.75, 3.05) is 7.11 Å². The fraction of sp³-hybridized carbons (Fsp3) is 0.300. The third kappa shape index (κ3) is 3.23. The maximum atomic E-state index is 13.5. The highest BCUT2D eigenvalue weighted by Gasteiger charge is 2.18. The van der Waals surface area contributed by atoms with Crippen molar-refractivity contribution in [1.29, 1.82) is 0 Å². The molecule has 0 aliphatic heterocycles. The molecule has 92 valence electrons. The van der Waals surface area contributed by atoms with Crippen molar-refractivity contribution in [3.8, 4) is 0 Å². The Morgan fingerprint density at radius 2 is 2.24 bits per heavy atom. The molecule has 0 aromatic heterocycles. The topological polar surface area (TPSA) is 69.4 Å². The van der Waals surface area contributed by atoms with Crippen LogP contribution in [-0.4, -0.2) is 18.0 Å². The van der Waals surface area contributed by atoms with Gasteiger partial charge in [-0.05, 0) is 5.56 Å². The number of ether oxygens (including phenoxy) is 1. The van der Waals surface area contributed by atoms with Crippen molar-refractivity contribution in [3.05, 3.63) is 39.2 Å². The first kappa shape index (κ1) is 13.6. The van der Waals surface area contributed by atoms with E-state index in [9.17, 15) is 19.3 Å². The third-order valence-electron chi connectivity index (χ3n) is 2.18. The zero-order valence-electron chi connectivity index (χ0n) is 8.91. The summed E-state index contributed by atoms with van der Waals surface area (Å²) in [7, 11) is 1.20. The molecule has 0 unspecified atom stereocenters. The average Bonchev–Trinajstić information content (AvgIpc) is 2.28. The van der Waals surface area contributed by atoms with Crippen molar-refractivity contribution in [2.24, 2.45) is 0 Å². The van der Waals surface area contributed by atoms with Gasteiger partial charge >= 0.3 is 5.97 Å². The predicted molar refractivity (Wildman–Crippen MR) is 61.4 cm³/mol. The van der Waals surface area contributed by atoms with Crippen LogP contribution in [-0.2, 0) is 21.3 Å². The number of carbonyl (C=O) groups is 1. The quantitative estimate of drug-likeness (QED) is 0.370. The molecule has 1 aromatic carbocycles. The largest absolute Gasteiger partial charge is 0.469 e. The molecule has 1 rings (SSSR count). The van der Waals surface area contributed by atoms with Gasteiger partial charge < -0.3 is 4.74 Å². The van der Waals surface area contributed by atoms with Crippen LogP contribution in [0.1, 0.15) is 11.1 Å². The summed E-state index contributed by atoms with van der Waals surface area (Å²) < 4.78 is 18.0. The Morgan fingerprint density at radius 3 is 2.71 bits per heavy atom. The van der Waals surface area contributed by atoms with E-state index in [1.54, 1.807) is 0 Å². The van der Waals surface area contributed by atoms with Crippen LogP contribution in [0.5, 0.6) is 0 Å². The first-order chi connectivity index (χ1) is 7.99. The summed E-state index contributed by atoms with van der Waals surface area (Å²) in [4.78, 5) is 21.0. The van der Waals surface area contributed by atoms with Gasteiger partial charge in [-0.25, -0.2) is 4.39 Å². The normalized spacial score (nSPS) is 10.1. The molecule has 0 spiro atoms. The zero-order valence-corrected chi connectivity index (χ0v) is 10.5. The van der Waals surface area contributed by atoms with E-state index in [0.717, 1.165) is 6.07 Å². The van der Waals surface area contributed by atoms with Crippen LogP contribution in [0.2, 0.25) is 0 Å². The number of hydrogen-bond acceptors (Lipinski definition) is 4. The molecule has 17 heavy (non-hydrogen) atoms. The molecule has 0 saturated heterocycles. The van der Waals surface area contributed by atoms with Crippen LogP contribution in [0.3, 0.4) is 0 Å². The van der Waals surface area contributed by atoms with Gasteiger partial charge in [-0.15, -0.1) is 0 Å². The van der Waals surface area contributed by atoms with E-state index in [4.69, 9.17) is 0 Å². The zero-order chi connectivity index (χ0) is 13.0. The molecular weight excluding hydrogens is 297 g/mol. The van der Waals surface area contributed by atoms with Crippen LogP contribution in [0.25, 0.3) is 0 Å². The highest BCUT2D eigenvalue weighted by atomic mass is 79.9. The second-order valence-corrected chi connectivity index (χ2v) is 3.77. The monoisotopic (exact) mass is 305 g/mol. The Morgan fingerprint density at radius 1 is 1.59 bits per heavy atom. The van der Waals surface area contributed by atoms with Crippen molar-refractivity contribution in [1.82, 2.24) is 0 Å². The molecular formula is C10H9BrFNO4. The van der Waals surface area contributed by atoms with Crippen molar-refractivity contribution in [2.45, 2.75) is 11.8 Å². The molecule has 0 radical (unpaired) electrons. The van der Waals surface area contributed by atoms with Gasteiger partial charge in [0.2, 0.25) is 0 Å². The summed E-state index contributed by atoms with van der Waals surface area (Å²) in [5.74, 6) is -1.29. The molecule has 1 aromatic rings. The van der Waals surface area contributed by atoms with Crippen LogP contribution in [0.15, 0.2) is 12.1 Å². The molecule has 0 heterocycles. The van der Waals surface area contributed by atoms with E-state index >= 15 is 0 Å². The summed E-state index contributed by atoms with van der Waals surface area (Å²) in [6.45, 7) is 0. The molecule has 0 amide bonds. The van der Waals surface area contributed by atoms with Crippen molar-refractivity contribution < 1.29 is 18.8 Å². The van der Waals surface area contributed by atoms with E-state index in [1.807, 2.05) is 0 Å². The molecule has 0 aliphatic carbocycles. The lowest BCUT2D eigenvalue weighted by Gasteiger charge is -2.07. The van der Waals surface area contributed by atoms with E-state index in [-0.39, 0.29) is 28.6 Å². The Labute approximate surface area is 105 Å². The number of halogens is 2. The van der Waals surface area contributed by atoms with E-state index < -0.39 is 16.7 Å². The van der Waals surface area contributed by atoms with Gasteiger partial charge in [0.05, 0.1) is 24.5 Å². The smallest absolute Gasteiger partial charge is 0.309 e. The Bertz CT molecular complexity index is 464. The molecule has 7 heteroatoms. The minimum atomic E-state index is -0.713. The number of alkyl halides is 1. The molecule has 0 N–H and O–H groups in total. The number of methoxy groups -OCH3 is 1. The molecule has 0 fully saturated rings. The van der Waals surface area contributed by atoms with Gasteiger partial charge in [-0.3, -0.25) is 14.9 Å². The summed E-state index contributed by atoms with van der Waals surface area (Å²) in [6, 6.07) is 2.01. The number of rotatable bonds is 4. The summed E-state index contributed by atoms with van der Waals surface area (Å²) in [6.07, 6.45) is -0.198. The Kier molecular flexibility index (Phi) is 4.56. The molecule has 5 nitrogen and oxygen atoms in total. The number of non-ortho nitro benzene ring substituents is 1. The number of nitro groups is 1. The van der Waals surface area contributed by atoms with Gasteiger partial charge in [0, 0.05) is 17.0 Å². The van der Waals surface area contributed by atoms with Crippen LogP contribution < -0.4 is 0 Å². The van der Waals surface area contributed by atoms with Crippen molar-refractivity contribution >= 4 is 27.6 Å². The second kappa shape index (κ2) is 5.72. The molecule has 0 atom stereocenters. The number of esters is 1. The van der Waals surface area contributed by atoms with E-state index in [2.05, 4.69) is 20.7 Å². The Hall–Kier alpha value is -1.50. The molecule has 0 aliphatic rings. The lowest BCUT2D eigenvalue weighted by atomic mass is 10.0. The fourth-order valence-corrected chi connectivity index (χ4v) is 1.95. The van der Waals surface area contributed by atoms with Gasteiger partial charge in [-0.1, -0.05) is 15.9 Å². The number of nitro benzene ring substituents is 1. The SMILES string of the molecule is COC(=O)Cc1cc([N+](=O)[O-])cc(F)c1CBr. The van der Waals surface area contributed by atoms with Crippen LogP contribution in [0, 0.1) is 15.9 Å². The lowest BCUT2D eigenvalue weighted by Crippen LogP contribution is -2.08. The maximum Gasteiger partial charge on any atom is 0.309 e. The Balaban J connectivity index is 3.23. The maximum absolute atomic E-state index is 13.5. The summed E-state index contributed by atoms with van der Waals surface area (Å²) >= 11 is 3.07. The number of benzene rings is 1. The fourth-order valence-electron chi connectivity index (χ4n) is 1.32. The van der Waals surface area contributed by atoms with E-state index in [1.165, 1.54) is 13.2 Å². The van der Waals surface area contributed by atoms with E-state index in [0.29, 0.717) is 0 Å². The summed E-state index contributed by atoms with van der Waals surface area (Å²) in [5, 5.41) is 10.7. The predicted octanol–water partition coefficient (Wildman–Crippen LogP) is 2.34. The van der Waals surface area contributed by atoms with Gasteiger partial charge in [0.25, 0.3) is 5.69 Å². The highest BCUT2D eigenvalue weighted by Crippen LogP contribution is 2.24. The highest BCUT2D eigenvalue weighted by molar-refractivity contribution is 9.08. The molecule has 0 saturated carbocycles. The van der Waals surface area contributed by atoms with Gasteiger partial charge in [0.1, 0.15) is 5.82 Å². The lowest BCUT2D eigenvalue weighted by molar-refractivity contribution is -0.385. The minimum Gasteiger partial charge on any atom is -0.469 e.